The fraction of sp³-hybridized carbons (Fsp3) is 0.500. The van der Waals surface area contributed by atoms with Crippen molar-refractivity contribution in [2.45, 2.75) is 51.2 Å². The molecule has 0 radical (unpaired) electrons. The maximum atomic E-state index is 12.6. The lowest BCUT2D eigenvalue weighted by Gasteiger charge is -2.38. The van der Waals surface area contributed by atoms with Crippen LogP contribution in [0.2, 0.25) is 0 Å². The van der Waals surface area contributed by atoms with Crippen LogP contribution in [0.4, 0.5) is 4.79 Å². The van der Waals surface area contributed by atoms with Crippen LogP contribution in [0.5, 0.6) is 0 Å². The molecule has 1 aliphatic heterocycles. The van der Waals surface area contributed by atoms with Crippen LogP contribution in [0.15, 0.2) is 48.5 Å². The minimum absolute atomic E-state index is 0.0280. The van der Waals surface area contributed by atoms with Gasteiger partial charge in [0.1, 0.15) is 6.61 Å². The molecular formula is C26H34N2O3. The van der Waals surface area contributed by atoms with Gasteiger partial charge in [-0.15, -0.1) is 0 Å². The van der Waals surface area contributed by atoms with Crippen LogP contribution in [0.3, 0.4) is 0 Å². The second-order valence-corrected chi connectivity index (χ2v) is 9.71. The van der Waals surface area contributed by atoms with E-state index in [2.05, 4.69) is 53.5 Å². The van der Waals surface area contributed by atoms with Crippen molar-refractivity contribution in [3.63, 3.8) is 0 Å². The summed E-state index contributed by atoms with van der Waals surface area (Å²) in [5.41, 5.74) is 4.20. The summed E-state index contributed by atoms with van der Waals surface area (Å²) in [4.78, 5) is 14.9. The molecule has 0 aromatic heterocycles. The Morgan fingerprint density at radius 1 is 1.16 bits per heavy atom. The summed E-state index contributed by atoms with van der Waals surface area (Å²) in [6.07, 6.45) is 1.80. The minimum Gasteiger partial charge on any atom is -0.449 e. The lowest BCUT2D eigenvalue weighted by Crippen LogP contribution is -2.49. The Kier molecular flexibility index (Phi) is 6.35. The second kappa shape index (κ2) is 9.01. The molecule has 2 aromatic rings. The highest BCUT2D eigenvalue weighted by Crippen LogP contribution is 2.44. The molecule has 1 amide bonds. The van der Waals surface area contributed by atoms with E-state index in [1.165, 1.54) is 22.3 Å². The van der Waals surface area contributed by atoms with Crippen LogP contribution < -0.4 is 5.32 Å². The molecule has 31 heavy (non-hydrogen) atoms. The van der Waals surface area contributed by atoms with Crippen molar-refractivity contribution in [2.24, 2.45) is 5.92 Å². The summed E-state index contributed by atoms with van der Waals surface area (Å²) in [5.74, 6) is 0.432. The fourth-order valence-electron chi connectivity index (χ4n) is 5.13. The Labute approximate surface area is 185 Å². The van der Waals surface area contributed by atoms with Crippen molar-refractivity contribution >= 4 is 6.09 Å². The van der Waals surface area contributed by atoms with Gasteiger partial charge in [-0.1, -0.05) is 48.5 Å². The average molecular weight is 423 g/mol. The number of rotatable bonds is 6. The number of benzene rings is 2. The summed E-state index contributed by atoms with van der Waals surface area (Å²) < 4.78 is 5.70. The number of piperidine rings is 1. The molecule has 2 aromatic carbocycles. The molecule has 2 unspecified atom stereocenters. The molecule has 0 bridgehead atoms. The summed E-state index contributed by atoms with van der Waals surface area (Å²) in [6.45, 7) is 8.61. The van der Waals surface area contributed by atoms with E-state index in [1.807, 2.05) is 26.0 Å². The van der Waals surface area contributed by atoms with Crippen molar-refractivity contribution in [1.82, 2.24) is 10.2 Å². The van der Waals surface area contributed by atoms with Gasteiger partial charge in [-0.3, -0.25) is 0 Å². The molecule has 1 saturated heterocycles. The molecule has 5 heteroatoms. The number of likely N-dealkylation sites (tertiary alicyclic amines) is 1. The number of hydrogen-bond donors (Lipinski definition) is 2. The van der Waals surface area contributed by atoms with Gasteiger partial charge in [-0.05, 0) is 68.3 Å². The van der Waals surface area contributed by atoms with E-state index in [-0.39, 0.29) is 18.1 Å². The van der Waals surface area contributed by atoms with Crippen LogP contribution in [-0.4, -0.2) is 54.0 Å². The normalized spacial score (nSPS) is 20.1. The van der Waals surface area contributed by atoms with E-state index in [0.717, 1.165) is 25.9 Å². The van der Waals surface area contributed by atoms with E-state index < -0.39 is 5.60 Å². The SMILES string of the molecule is CC(NC(=O)OCC1c2ccccc2-c2ccccc21)C1CCCN(CC(C)(C)O)C1. The predicted molar refractivity (Wildman–Crippen MR) is 123 cm³/mol. The summed E-state index contributed by atoms with van der Waals surface area (Å²) in [5, 5.41) is 13.2. The van der Waals surface area contributed by atoms with Crippen LogP contribution in [0.25, 0.3) is 11.1 Å². The lowest BCUT2D eigenvalue weighted by atomic mass is 9.91. The molecule has 5 nitrogen and oxygen atoms in total. The first-order valence-corrected chi connectivity index (χ1v) is 11.4. The standard InChI is InChI=1S/C26H34N2O3/c1-18(19-9-8-14-28(15-19)17-26(2,3)30)27-25(29)31-16-24-22-12-6-4-10-20(22)21-11-5-7-13-23(21)24/h4-7,10-13,18-19,24,30H,8-9,14-17H2,1-3H3,(H,27,29). The quantitative estimate of drug-likeness (QED) is 0.725. The minimum atomic E-state index is -0.703. The van der Waals surface area contributed by atoms with Crippen molar-refractivity contribution in [3.8, 4) is 11.1 Å². The van der Waals surface area contributed by atoms with E-state index in [1.54, 1.807) is 0 Å². The van der Waals surface area contributed by atoms with Crippen molar-refractivity contribution in [2.75, 3.05) is 26.2 Å². The van der Waals surface area contributed by atoms with Gasteiger partial charge in [-0.2, -0.15) is 0 Å². The van der Waals surface area contributed by atoms with Gasteiger partial charge in [0.15, 0.2) is 0 Å². The number of alkyl carbamates (subject to hydrolysis) is 1. The van der Waals surface area contributed by atoms with Crippen molar-refractivity contribution < 1.29 is 14.6 Å². The van der Waals surface area contributed by atoms with Crippen LogP contribution in [0, 0.1) is 5.92 Å². The maximum Gasteiger partial charge on any atom is 0.407 e. The van der Waals surface area contributed by atoms with E-state index in [0.29, 0.717) is 19.1 Å². The third kappa shape index (κ3) is 5.10. The molecule has 1 fully saturated rings. The highest BCUT2D eigenvalue weighted by atomic mass is 16.5. The molecule has 166 valence electrons. The Morgan fingerprint density at radius 2 is 1.77 bits per heavy atom. The Balaban J connectivity index is 1.33. The highest BCUT2D eigenvalue weighted by molar-refractivity contribution is 5.79. The maximum absolute atomic E-state index is 12.6. The molecular weight excluding hydrogens is 388 g/mol. The van der Waals surface area contributed by atoms with Gasteiger partial charge in [-0.25, -0.2) is 4.79 Å². The number of carbonyl (C=O) groups excluding carboxylic acids is 1. The monoisotopic (exact) mass is 422 g/mol. The van der Waals surface area contributed by atoms with Gasteiger partial charge in [0, 0.05) is 25.0 Å². The van der Waals surface area contributed by atoms with Crippen molar-refractivity contribution in [1.29, 1.82) is 0 Å². The first-order valence-electron chi connectivity index (χ1n) is 11.4. The number of amides is 1. The lowest BCUT2D eigenvalue weighted by molar-refractivity contribution is 0.0181. The molecule has 2 aliphatic rings. The highest BCUT2D eigenvalue weighted by Gasteiger charge is 2.31. The third-order valence-electron chi connectivity index (χ3n) is 6.55. The molecule has 0 spiro atoms. The van der Waals surface area contributed by atoms with Crippen molar-refractivity contribution in [3.05, 3.63) is 59.7 Å². The summed E-state index contributed by atoms with van der Waals surface area (Å²) in [6, 6.07) is 16.8. The zero-order valence-corrected chi connectivity index (χ0v) is 18.8. The molecule has 0 saturated carbocycles. The number of carbonyl (C=O) groups is 1. The first kappa shape index (κ1) is 21.8. The molecule has 1 heterocycles. The average Bonchev–Trinajstić information content (AvgIpc) is 3.05. The molecule has 2 atom stereocenters. The van der Waals surface area contributed by atoms with Crippen LogP contribution in [0.1, 0.15) is 50.7 Å². The topological polar surface area (TPSA) is 61.8 Å². The second-order valence-electron chi connectivity index (χ2n) is 9.71. The van der Waals surface area contributed by atoms with E-state index in [9.17, 15) is 9.90 Å². The molecule has 2 N–H and O–H groups in total. The first-order chi connectivity index (χ1) is 14.8. The third-order valence-corrected chi connectivity index (χ3v) is 6.55. The Morgan fingerprint density at radius 3 is 2.39 bits per heavy atom. The summed E-state index contributed by atoms with van der Waals surface area (Å²) in [7, 11) is 0. The number of nitrogens with one attached hydrogen (secondary N) is 1. The summed E-state index contributed by atoms with van der Waals surface area (Å²) >= 11 is 0. The number of ether oxygens (including phenoxy) is 1. The zero-order valence-electron chi connectivity index (χ0n) is 18.8. The van der Waals surface area contributed by atoms with Gasteiger partial charge >= 0.3 is 6.09 Å². The van der Waals surface area contributed by atoms with Gasteiger partial charge < -0.3 is 20.1 Å². The van der Waals surface area contributed by atoms with Gasteiger partial charge in [0.05, 0.1) is 5.60 Å². The zero-order chi connectivity index (χ0) is 22.0. The fourth-order valence-corrected chi connectivity index (χ4v) is 5.13. The molecule has 4 rings (SSSR count). The smallest absolute Gasteiger partial charge is 0.407 e. The molecule has 1 aliphatic carbocycles. The number of nitrogens with zero attached hydrogens (tertiary/aromatic N) is 1. The Bertz CT molecular complexity index is 875. The van der Waals surface area contributed by atoms with Crippen LogP contribution in [-0.2, 0) is 4.74 Å². The number of aliphatic hydroxyl groups is 1. The number of β-amino-alcohol motifs (C(OH)–C–C–N with tert-alkyl or cyclic N) is 1. The van der Waals surface area contributed by atoms with Crippen LogP contribution >= 0.6 is 0 Å². The predicted octanol–water partition coefficient (Wildman–Crippen LogP) is 4.40. The van der Waals surface area contributed by atoms with Gasteiger partial charge in [0.2, 0.25) is 0 Å². The Hall–Kier alpha value is -2.37. The number of hydrogen-bond acceptors (Lipinski definition) is 4. The van der Waals surface area contributed by atoms with Gasteiger partial charge in [0.25, 0.3) is 0 Å². The van der Waals surface area contributed by atoms with E-state index in [4.69, 9.17) is 4.74 Å². The number of fused-ring (bicyclic) bond motifs is 3. The largest absolute Gasteiger partial charge is 0.449 e. The van der Waals surface area contributed by atoms with E-state index >= 15 is 0 Å².